The normalized spacial score (nSPS) is 19.8. The highest BCUT2D eigenvalue weighted by Crippen LogP contribution is 2.43. The van der Waals surface area contributed by atoms with E-state index in [4.69, 9.17) is 23.2 Å². The lowest BCUT2D eigenvalue weighted by atomic mass is 10.1. The van der Waals surface area contributed by atoms with Crippen molar-refractivity contribution in [2.45, 2.75) is 44.6 Å². The van der Waals surface area contributed by atoms with Crippen LogP contribution >= 0.6 is 35.0 Å². The molecular formula is C22H24Cl2N2O2S. The van der Waals surface area contributed by atoms with E-state index in [2.05, 4.69) is 5.32 Å². The van der Waals surface area contributed by atoms with E-state index in [1.807, 2.05) is 39.0 Å². The second-order valence-electron chi connectivity index (χ2n) is 7.27. The lowest BCUT2D eigenvalue weighted by molar-refractivity contribution is -0.125. The molecule has 2 aromatic rings. The zero-order valence-corrected chi connectivity index (χ0v) is 18.9. The quantitative estimate of drug-likeness (QED) is 0.656. The van der Waals surface area contributed by atoms with Gasteiger partial charge in [-0.15, -0.1) is 11.8 Å². The number of carbonyl (C=O) groups is 2. The molecule has 154 valence electrons. The van der Waals surface area contributed by atoms with E-state index in [-0.39, 0.29) is 23.2 Å². The first kappa shape index (κ1) is 22.0. The highest BCUT2D eigenvalue weighted by Gasteiger charge is 2.42. The predicted molar refractivity (Wildman–Crippen MR) is 121 cm³/mol. The van der Waals surface area contributed by atoms with Crippen LogP contribution in [0.4, 0.5) is 0 Å². The van der Waals surface area contributed by atoms with Crippen LogP contribution in [0, 0.1) is 6.92 Å². The third-order valence-corrected chi connectivity index (χ3v) is 7.13. The van der Waals surface area contributed by atoms with E-state index in [9.17, 15) is 9.59 Å². The minimum atomic E-state index is -0.553. The van der Waals surface area contributed by atoms with Gasteiger partial charge in [-0.1, -0.05) is 53.9 Å². The monoisotopic (exact) mass is 450 g/mol. The molecule has 1 fully saturated rings. The molecule has 3 atom stereocenters. The van der Waals surface area contributed by atoms with E-state index >= 15 is 0 Å². The molecular weight excluding hydrogens is 427 g/mol. The van der Waals surface area contributed by atoms with Gasteiger partial charge in [-0.05, 0) is 50.1 Å². The summed E-state index contributed by atoms with van der Waals surface area (Å²) in [6.45, 7) is 5.95. The van der Waals surface area contributed by atoms with Crippen LogP contribution in [0.1, 0.15) is 47.1 Å². The van der Waals surface area contributed by atoms with Crippen LogP contribution in [0.2, 0.25) is 10.0 Å². The summed E-state index contributed by atoms with van der Waals surface area (Å²) in [6, 6.07) is 12.3. The number of thioether (sulfide) groups is 1. The van der Waals surface area contributed by atoms with Crippen LogP contribution in [0.25, 0.3) is 0 Å². The van der Waals surface area contributed by atoms with E-state index in [0.717, 1.165) is 17.5 Å². The maximum Gasteiger partial charge on any atom is 0.255 e. The third kappa shape index (κ3) is 4.90. The lowest BCUT2D eigenvalue weighted by Crippen LogP contribution is -2.49. The number of amides is 2. The van der Waals surface area contributed by atoms with E-state index in [0.29, 0.717) is 21.4 Å². The van der Waals surface area contributed by atoms with Crippen molar-refractivity contribution in [1.29, 1.82) is 0 Å². The van der Waals surface area contributed by atoms with Gasteiger partial charge in [0.15, 0.2) is 0 Å². The molecule has 1 aliphatic heterocycles. The SMILES string of the molecule is CCC(C)NC(=O)C1CSC(c2ccc(Cl)c(Cl)c2)N1C(=O)c1ccc(C)cc1. The lowest BCUT2D eigenvalue weighted by Gasteiger charge is -2.30. The maximum absolute atomic E-state index is 13.4. The number of halogens is 2. The van der Waals surface area contributed by atoms with Gasteiger partial charge in [-0.2, -0.15) is 0 Å². The summed E-state index contributed by atoms with van der Waals surface area (Å²) in [5, 5.41) is 3.59. The van der Waals surface area contributed by atoms with Gasteiger partial charge >= 0.3 is 0 Å². The Bertz CT molecular complexity index is 904. The molecule has 2 aromatic carbocycles. The van der Waals surface area contributed by atoms with Gasteiger partial charge in [0.05, 0.1) is 10.0 Å². The smallest absolute Gasteiger partial charge is 0.255 e. The average molecular weight is 451 g/mol. The first-order chi connectivity index (χ1) is 13.8. The number of benzene rings is 2. The molecule has 0 radical (unpaired) electrons. The molecule has 1 aliphatic rings. The molecule has 0 saturated carbocycles. The van der Waals surface area contributed by atoms with Crippen molar-refractivity contribution in [2.24, 2.45) is 0 Å². The Kier molecular flexibility index (Phi) is 7.14. The molecule has 3 rings (SSSR count). The van der Waals surface area contributed by atoms with Gasteiger partial charge in [-0.3, -0.25) is 9.59 Å². The third-order valence-electron chi connectivity index (χ3n) is 5.07. The summed E-state index contributed by atoms with van der Waals surface area (Å²) in [4.78, 5) is 28.1. The topological polar surface area (TPSA) is 49.4 Å². The highest BCUT2D eigenvalue weighted by atomic mass is 35.5. The van der Waals surface area contributed by atoms with Gasteiger partial charge in [0.1, 0.15) is 11.4 Å². The van der Waals surface area contributed by atoms with Crippen LogP contribution in [0.15, 0.2) is 42.5 Å². The first-order valence-corrected chi connectivity index (χ1v) is 11.4. The average Bonchev–Trinajstić information content (AvgIpc) is 3.15. The fraction of sp³-hybridized carbons (Fsp3) is 0.364. The molecule has 0 bridgehead atoms. The fourth-order valence-corrected chi connectivity index (χ4v) is 4.89. The van der Waals surface area contributed by atoms with Crippen molar-refractivity contribution in [3.8, 4) is 0 Å². The van der Waals surface area contributed by atoms with Gasteiger partial charge in [0.25, 0.3) is 5.91 Å². The highest BCUT2D eigenvalue weighted by molar-refractivity contribution is 7.99. The van der Waals surface area contributed by atoms with Gasteiger partial charge < -0.3 is 10.2 Å². The number of aryl methyl sites for hydroxylation is 1. The summed E-state index contributed by atoms with van der Waals surface area (Å²) >= 11 is 13.8. The number of rotatable bonds is 5. The number of carbonyl (C=O) groups excluding carboxylic acids is 2. The van der Waals surface area contributed by atoms with Crippen molar-refractivity contribution < 1.29 is 9.59 Å². The summed E-state index contributed by atoms with van der Waals surface area (Å²) in [5.41, 5.74) is 2.48. The molecule has 1 heterocycles. The molecule has 0 aliphatic carbocycles. The molecule has 3 unspecified atom stereocenters. The molecule has 1 N–H and O–H groups in total. The van der Waals surface area contributed by atoms with E-state index < -0.39 is 6.04 Å². The largest absolute Gasteiger partial charge is 0.352 e. The first-order valence-electron chi connectivity index (χ1n) is 9.58. The Hall–Kier alpha value is -1.69. The van der Waals surface area contributed by atoms with Crippen LogP contribution in [0.5, 0.6) is 0 Å². The Morgan fingerprint density at radius 3 is 2.48 bits per heavy atom. The van der Waals surface area contributed by atoms with E-state index in [1.54, 1.807) is 40.9 Å². The number of hydrogen-bond donors (Lipinski definition) is 1. The second kappa shape index (κ2) is 9.41. The molecule has 1 saturated heterocycles. The van der Waals surface area contributed by atoms with Crippen molar-refractivity contribution in [2.75, 3.05) is 5.75 Å². The van der Waals surface area contributed by atoms with Crippen LogP contribution < -0.4 is 5.32 Å². The Labute approximate surface area is 185 Å². The van der Waals surface area contributed by atoms with E-state index in [1.165, 1.54) is 0 Å². The summed E-state index contributed by atoms with van der Waals surface area (Å²) in [6.07, 6.45) is 0.827. The van der Waals surface area contributed by atoms with Gasteiger partial charge in [-0.25, -0.2) is 0 Å². The summed E-state index contributed by atoms with van der Waals surface area (Å²) in [7, 11) is 0. The zero-order chi connectivity index (χ0) is 21.1. The molecule has 29 heavy (non-hydrogen) atoms. The van der Waals surface area contributed by atoms with Crippen molar-refractivity contribution in [3.05, 3.63) is 69.2 Å². The van der Waals surface area contributed by atoms with Crippen LogP contribution in [0.3, 0.4) is 0 Å². The van der Waals surface area contributed by atoms with Crippen molar-refractivity contribution >= 4 is 46.8 Å². The minimum absolute atomic E-state index is 0.0489. The zero-order valence-electron chi connectivity index (χ0n) is 16.6. The summed E-state index contributed by atoms with van der Waals surface area (Å²) < 4.78 is 0. The summed E-state index contributed by atoms with van der Waals surface area (Å²) in [5.74, 6) is 0.218. The van der Waals surface area contributed by atoms with Crippen LogP contribution in [-0.2, 0) is 4.79 Å². The molecule has 4 nitrogen and oxygen atoms in total. The Morgan fingerprint density at radius 2 is 1.86 bits per heavy atom. The number of nitrogens with zero attached hydrogens (tertiary/aromatic N) is 1. The molecule has 0 aromatic heterocycles. The standard InChI is InChI=1S/C22H24Cl2N2O2S/c1-4-14(3)25-20(27)19-12-29-22(16-9-10-17(23)18(24)11-16)26(19)21(28)15-7-5-13(2)6-8-15/h5-11,14,19,22H,4,12H2,1-3H3,(H,25,27). The minimum Gasteiger partial charge on any atom is -0.352 e. The van der Waals surface area contributed by atoms with Gasteiger partial charge in [0, 0.05) is 17.4 Å². The predicted octanol–water partition coefficient (Wildman–Crippen LogP) is 5.47. The molecule has 2 amide bonds. The molecule has 0 spiro atoms. The van der Waals surface area contributed by atoms with Gasteiger partial charge in [0.2, 0.25) is 5.91 Å². The maximum atomic E-state index is 13.4. The van der Waals surface area contributed by atoms with Crippen LogP contribution in [-0.4, -0.2) is 34.6 Å². The second-order valence-corrected chi connectivity index (χ2v) is 9.20. The molecule has 7 heteroatoms. The Morgan fingerprint density at radius 1 is 1.17 bits per heavy atom. The van der Waals surface area contributed by atoms with Crippen molar-refractivity contribution in [3.63, 3.8) is 0 Å². The van der Waals surface area contributed by atoms with Crippen molar-refractivity contribution in [1.82, 2.24) is 10.2 Å². The Balaban J connectivity index is 1.97. The number of hydrogen-bond acceptors (Lipinski definition) is 3. The fourth-order valence-electron chi connectivity index (χ4n) is 3.17. The number of nitrogens with one attached hydrogen (secondary N) is 1.